The van der Waals surface area contributed by atoms with Crippen molar-refractivity contribution in [1.82, 2.24) is 24.8 Å². The predicted molar refractivity (Wildman–Crippen MR) is 144 cm³/mol. The van der Waals surface area contributed by atoms with Gasteiger partial charge < -0.3 is 21.7 Å². The highest BCUT2D eigenvalue weighted by Gasteiger charge is 2.21. The average Bonchev–Trinajstić information content (AvgIpc) is 3.53. The first-order valence-corrected chi connectivity index (χ1v) is 13.1. The van der Waals surface area contributed by atoms with Crippen LogP contribution >= 0.6 is 11.3 Å². The van der Waals surface area contributed by atoms with E-state index in [1.54, 1.807) is 22.0 Å². The molecule has 0 unspecified atom stereocenters. The van der Waals surface area contributed by atoms with E-state index in [1.165, 1.54) is 0 Å². The summed E-state index contributed by atoms with van der Waals surface area (Å²) in [6.45, 7) is 4.19. The Hall–Kier alpha value is -3.57. The molecule has 1 aliphatic rings. The molecule has 1 saturated carbocycles. The van der Waals surface area contributed by atoms with E-state index in [0.717, 1.165) is 46.9 Å². The van der Waals surface area contributed by atoms with Gasteiger partial charge in [-0.2, -0.15) is 0 Å². The maximum absolute atomic E-state index is 13.3. The molecule has 0 bridgehead atoms. The lowest BCUT2D eigenvalue weighted by Crippen LogP contribution is -2.33. The lowest BCUT2D eigenvalue weighted by molar-refractivity contribution is 0.102. The van der Waals surface area contributed by atoms with Gasteiger partial charge in [-0.1, -0.05) is 37.3 Å². The second kappa shape index (κ2) is 10.2. The highest BCUT2D eigenvalue weighted by atomic mass is 32.1. The molecule has 1 aliphatic carbocycles. The lowest BCUT2D eigenvalue weighted by atomic mass is 9.92. The second-order valence-electron chi connectivity index (χ2n) is 9.46. The molecule has 1 fully saturated rings. The Morgan fingerprint density at radius 1 is 1.17 bits per heavy atom. The quantitative estimate of drug-likeness (QED) is 0.291. The van der Waals surface area contributed by atoms with E-state index in [2.05, 4.69) is 45.0 Å². The molecule has 36 heavy (non-hydrogen) atoms. The van der Waals surface area contributed by atoms with Crippen molar-refractivity contribution >= 4 is 40.1 Å². The molecule has 5 rings (SSSR count). The molecule has 0 spiro atoms. The van der Waals surface area contributed by atoms with Crippen molar-refractivity contribution in [3.8, 4) is 10.6 Å². The van der Waals surface area contributed by atoms with E-state index in [9.17, 15) is 4.79 Å². The van der Waals surface area contributed by atoms with Crippen LogP contribution in [-0.4, -0.2) is 49.8 Å². The standard InChI is InChI=1S/C25H31N9OS/c1-14(2)24-31-32-25(36-24)15-5-4-6-18(11-15)30-23(35)20-13-28-22-19(27-3)12-21(33-34(20)22)29-17-9-7-16(26)8-10-17/h4-6,11-14,16-17,27H,7-10,26H2,1-3H3,(H,29,33)(H,30,35). The minimum Gasteiger partial charge on any atom is -0.385 e. The molecule has 0 atom stereocenters. The third-order valence-electron chi connectivity index (χ3n) is 6.40. The van der Waals surface area contributed by atoms with Crippen LogP contribution in [0.15, 0.2) is 36.5 Å². The summed E-state index contributed by atoms with van der Waals surface area (Å²) in [6, 6.07) is 10.1. The van der Waals surface area contributed by atoms with Crippen LogP contribution in [0.2, 0.25) is 0 Å². The summed E-state index contributed by atoms with van der Waals surface area (Å²) in [5, 5.41) is 24.7. The van der Waals surface area contributed by atoms with Crippen LogP contribution < -0.4 is 21.7 Å². The van der Waals surface area contributed by atoms with Gasteiger partial charge in [-0.15, -0.1) is 15.3 Å². The van der Waals surface area contributed by atoms with Crippen LogP contribution in [0.4, 0.5) is 17.2 Å². The number of anilines is 3. The van der Waals surface area contributed by atoms with Crippen molar-refractivity contribution in [3.63, 3.8) is 0 Å². The SMILES string of the molecule is CNc1cc(NC2CCC(N)CC2)nn2c(C(=O)Nc3cccc(-c4nnc(C(C)C)s4)c3)cnc12. The van der Waals surface area contributed by atoms with Gasteiger partial charge in [0.15, 0.2) is 11.3 Å². The van der Waals surface area contributed by atoms with Crippen molar-refractivity contribution in [2.75, 3.05) is 23.0 Å². The zero-order valence-corrected chi connectivity index (χ0v) is 21.5. The molecular formula is C25H31N9OS. The second-order valence-corrected chi connectivity index (χ2v) is 10.5. The van der Waals surface area contributed by atoms with Gasteiger partial charge >= 0.3 is 0 Å². The lowest BCUT2D eigenvalue weighted by Gasteiger charge is -2.27. The third-order valence-corrected chi connectivity index (χ3v) is 7.67. The third kappa shape index (κ3) is 5.02. The minimum absolute atomic E-state index is 0.276. The van der Waals surface area contributed by atoms with Crippen LogP contribution in [0.3, 0.4) is 0 Å². The zero-order valence-electron chi connectivity index (χ0n) is 20.7. The summed E-state index contributed by atoms with van der Waals surface area (Å²) in [4.78, 5) is 17.7. The van der Waals surface area contributed by atoms with Gasteiger partial charge in [-0.25, -0.2) is 9.50 Å². The maximum Gasteiger partial charge on any atom is 0.276 e. The fourth-order valence-corrected chi connectivity index (χ4v) is 5.20. The first-order chi connectivity index (χ1) is 17.4. The van der Waals surface area contributed by atoms with Crippen molar-refractivity contribution in [3.05, 3.63) is 47.2 Å². The number of nitrogens with one attached hydrogen (secondary N) is 3. The monoisotopic (exact) mass is 505 g/mol. The normalized spacial score (nSPS) is 17.9. The molecule has 5 N–H and O–H groups in total. The first kappa shape index (κ1) is 24.1. The summed E-state index contributed by atoms with van der Waals surface area (Å²) < 4.78 is 1.58. The summed E-state index contributed by atoms with van der Waals surface area (Å²) in [7, 11) is 1.83. The van der Waals surface area contributed by atoms with Crippen molar-refractivity contribution in [2.24, 2.45) is 5.73 Å². The topological polar surface area (TPSA) is 135 Å². The highest BCUT2D eigenvalue weighted by Crippen LogP contribution is 2.29. The van der Waals surface area contributed by atoms with E-state index in [1.807, 2.05) is 37.4 Å². The smallest absolute Gasteiger partial charge is 0.276 e. The zero-order chi connectivity index (χ0) is 25.2. The van der Waals surface area contributed by atoms with E-state index >= 15 is 0 Å². The van der Waals surface area contributed by atoms with Gasteiger partial charge in [0.2, 0.25) is 0 Å². The fraction of sp³-hybridized carbons (Fsp3) is 0.400. The Morgan fingerprint density at radius 3 is 2.69 bits per heavy atom. The molecule has 10 nitrogen and oxygen atoms in total. The Labute approximate surface area is 213 Å². The van der Waals surface area contributed by atoms with Crippen molar-refractivity contribution in [1.29, 1.82) is 0 Å². The molecule has 4 aromatic rings. The number of rotatable bonds is 7. The van der Waals surface area contributed by atoms with E-state index in [4.69, 9.17) is 10.8 Å². The van der Waals surface area contributed by atoms with Crippen LogP contribution in [0.5, 0.6) is 0 Å². The van der Waals surface area contributed by atoms with Gasteiger partial charge in [-0.05, 0) is 37.8 Å². The summed E-state index contributed by atoms with van der Waals surface area (Å²) in [5.41, 5.74) is 9.34. The van der Waals surface area contributed by atoms with Gasteiger partial charge in [0, 0.05) is 42.4 Å². The number of fused-ring (bicyclic) bond motifs is 1. The number of carbonyl (C=O) groups excluding carboxylic acids is 1. The van der Waals surface area contributed by atoms with Crippen LogP contribution in [-0.2, 0) is 0 Å². The fourth-order valence-electron chi connectivity index (χ4n) is 4.36. The number of hydrogen-bond donors (Lipinski definition) is 4. The molecule has 1 aromatic carbocycles. The van der Waals surface area contributed by atoms with Gasteiger partial charge in [0.05, 0.1) is 11.9 Å². The number of benzene rings is 1. The van der Waals surface area contributed by atoms with E-state index < -0.39 is 0 Å². The molecule has 11 heteroatoms. The molecule has 188 valence electrons. The van der Waals surface area contributed by atoms with Gasteiger partial charge in [-0.3, -0.25) is 4.79 Å². The Balaban J connectivity index is 1.38. The number of hydrogen-bond acceptors (Lipinski definition) is 9. The molecular weight excluding hydrogens is 474 g/mol. The number of imidazole rings is 1. The minimum atomic E-state index is -0.296. The number of nitrogens with zero attached hydrogens (tertiary/aromatic N) is 5. The van der Waals surface area contributed by atoms with Crippen molar-refractivity contribution in [2.45, 2.75) is 57.5 Å². The molecule has 0 radical (unpaired) electrons. The molecule has 0 aliphatic heterocycles. The van der Waals surface area contributed by atoms with E-state index in [0.29, 0.717) is 34.8 Å². The molecule has 3 heterocycles. The van der Waals surface area contributed by atoms with Crippen molar-refractivity contribution < 1.29 is 4.79 Å². The maximum atomic E-state index is 13.3. The molecule has 3 aromatic heterocycles. The Bertz CT molecular complexity index is 1370. The van der Waals surface area contributed by atoms with Crippen LogP contribution in [0, 0.1) is 0 Å². The first-order valence-electron chi connectivity index (χ1n) is 12.2. The number of amides is 1. The number of aromatic nitrogens is 5. The Morgan fingerprint density at radius 2 is 1.97 bits per heavy atom. The Kier molecular flexibility index (Phi) is 6.84. The summed E-state index contributed by atoms with van der Waals surface area (Å²) >= 11 is 1.56. The van der Waals surface area contributed by atoms with Gasteiger partial charge in [0.25, 0.3) is 5.91 Å². The summed E-state index contributed by atoms with van der Waals surface area (Å²) in [6.07, 6.45) is 5.53. The average molecular weight is 506 g/mol. The molecule has 0 saturated heterocycles. The molecule has 1 amide bonds. The number of carbonyl (C=O) groups is 1. The van der Waals surface area contributed by atoms with E-state index in [-0.39, 0.29) is 11.9 Å². The van der Waals surface area contributed by atoms with Crippen LogP contribution in [0.1, 0.15) is 60.9 Å². The largest absolute Gasteiger partial charge is 0.385 e. The van der Waals surface area contributed by atoms with Crippen LogP contribution in [0.25, 0.3) is 16.2 Å². The highest BCUT2D eigenvalue weighted by molar-refractivity contribution is 7.14. The summed E-state index contributed by atoms with van der Waals surface area (Å²) in [5.74, 6) is 0.716. The number of nitrogens with two attached hydrogens (primary N) is 1. The van der Waals surface area contributed by atoms with Gasteiger partial charge in [0.1, 0.15) is 15.8 Å². The predicted octanol–water partition coefficient (Wildman–Crippen LogP) is 4.35.